The van der Waals surface area contributed by atoms with E-state index in [1.54, 1.807) is 42.5 Å². The van der Waals surface area contributed by atoms with Crippen molar-refractivity contribution in [2.24, 2.45) is 0 Å². The zero-order valence-electron chi connectivity index (χ0n) is 19.0. The van der Waals surface area contributed by atoms with Crippen LogP contribution in [0.2, 0.25) is 15.1 Å². The molecule has 0 bridgehead atoms. The Morgan fingerprint density at radius 3 is 2.43 bits per heavy atom. The van der Waals surface area contributed by atoms with Crippen molar-refractivity contribution >= 4 is 46.6 Å². The number of ketones is 1. The summed E-state index contributed by atoms with van der Waals surface area (Å²) in [5, 5.41) is 12.8. The maximum Gasteiger partial charge on any atom is 1.00 e. The van der Waals surface area contributed by atoms with Gasteiger partial charge >= 0.3 is 29.6 Å². The van der Waals surface area contributed by atoms with Crippen LogP contribution in [0.15, 0.2) is 54.6 Å². The van der Waals surface area contributed by atoms with Crippen molar-refractivity contribution < 1.29 is 53.7 Å². The van der Waals surface area contributed by atoms with E-state index in [0.29, 0.717) is 64.1 Å². The van der Waals surface area contributed by atoms with Gasteiger partial charge in [-0.25, -0.2) is 0 Å². The van der Waals surface area contributed by atoms with Crippen molar-refractivity contribution in [3.8, 4) is 17.2 Å². The maximum atomic E-state index is 12.6. The molecule has 3 aromatic carbocycles. The monoisotopic (exact) mass is 540 g/mol. The first kappa shape index (κ1) is 27.9. The number of hydrogen-bond donors (Lipinski definition) is 0. The van der Waals surface area contributed by atoms with Gasteiger partial charge in [-0.2, -0.15) is 0 Å². The van der Waals surface area contributed by atoms with Gasteiger partial charge in [-0.1, -0.05) is 40.9 Å². The largest absolute Gasteiger partial charge is 1.00 e. The molecule has 3 aromatic rings. The molecule has 0 saturated carbocycles. The summed E-state index contributed by atoms with van der Waals surface area (Å²) in [6.45, 7) is 0.272. The first-order valence-corrected chi connectivity index (χ1v) is 11.9. The summed E-state index contributed by atoms with van der Waals surface area (Å²) in [5.74, 6) is -0.684. The van der Waals surface area contributed by atoms with Gasteiger partial charge in [0.2, 0.25) is 0 Å². The molecule has 35 heavy (non-hydrogen) atoms. The first-order chi connectivity index (χ1) is 16.3. The van der Waals surface area contributed by atoms with Gasteiger partial charge in [-0.3, -0.25) is 4.79 Å². The molecule has 0 aromatic heterocycles. The van der Waals surface area contributed by atoms with Crippen LogP contribution < -0.4 is 44.1 Å². The third kappa shape index (κ3) is 6.94. The van der Waals surface area contributed by atoms with Crippen LogP contribution in [0.3, 0.4) is 0 Å². The van der Waals surface area contributed by atoms with E-state index in [-0.39, 0.29) is 47.0 Å². The number of halogens is 3. The molecule has 0 radical (unpaired) electrons. The molecule has 4 rings (SSSR count). The fraction of sp³-hybridized carbons (Fsp3) is 0.231. The summed E-state index contributed by atoms with van der Waals surface area (Å²) in [6.07, 6.45) is 2.05. The number of benzene rings is 3. The Kier molecular flexibility index (Phi) is 9.94. The number of hydrogen-bond acceptors (Lipinski definition) is 5. The smallest absolute Gasteiger partial charge is 0.549 e. The molecule has 0 unspecified atom stereocenters. The number of carbonyl (C=O) groups is 2. The van der Waals surface area contributed by atoms with Gasteiger partial charge in [-0.15, -0.1) is 0 Å². The minimum atomic E-state index is -1.16. The first-order valence-electron chi connectivity index (χ1n) is 10.7. The van der Waals surface area contributed by atoms with Crippen LogP contribution in [-0.4, -0.2) is 18.4 Å². The zero-order chi connectivity index (χ0) is 24.2. The van der Waals surface area contributed by atoms with Crippen molar-refractivity contribution in [3.63, 3.8) is 0 Å². The Bertz CT molecular complexity index is 1230. The minimum Gasteiger partial charge on any atom is -0.549 e. The predicted octanol–water partition coefficient (Wildman–Crippen LogP) is 3.26. The third-order valence-corrected chi connectivity index (χ3v) is 6.54. The van der Waals surface area contributed by atoms with Gasteiger partial charge in [0.05, 0.1) is 11.6 Å². The van der Waals surface area contributed by atoms with Crippen LogP contribution >= 0.6 is 34.8 Å². The van der Waals surface area contributed by atoms with E-state index in [1.165, 1.54) is 6.07 Å². The molecular formula is C26H20Cl3NaO5. The summed E-state index contributed by atoms with van der Waals surface area (Å²) >= 11 is 18.4. The molecule has 1 atom stereocenters. The fourth-order valence-corrected chi connectivity index (χ4v) is 4.57. The van der Waals surface area contributed by atoms with Gasteiger partial charge < -0.3 is 19.4 Å². The molecule has 0 fully saturated rings. The minimum absolute atomic E-state index is 0. The van der Waals surface area contributed by atoms with Gasteiger partial charge in [0.15, 0.2) is 5.78 Å². The van der Waals surface area contributed by atoms with E-state index in [2.05, 4.69) is 0 Å². The molecule has 176 valence electrons. The van der Waals surface area contributed by atoms with Crippen LogP contribution in [-0.2, 0) is 11.2 Å². The topological polar surface area (TPSA) is 75.7 Å². The zero-order valence-corrected chi connectivity index (χ0v) is 23.3. The van der Waals surface area contributed by atoms with Crippen molar-refractivity contribution in [2.45, 2.75) is 31.6 Å². The molecule has 0 aliphatic carbocycles. The second kappa shape index (κ2) is 12.5. The molecule has 1 heterocycles. The number of fused-ring (bicyclic) bond motifs is 1. The van der Waals surface area contributed by atoms with Crippen LogP contribution in [0.1, 0.15) is 46.7 Å². The Morgan fingerprint density at radius 1 is 1.00 bits per heavy atom. The van der Waals surface area contributed by atoms with Crippen molar-refractivity contribution in [1.82, 2.24) is 0 Å². The van der Waals surface area contributed by atoms with E-state index in [0.717, 1.165) is 5.56 Å². The second-order valence-electron chi connectivity index (χ2n) is 7.97. The fourth-order valence-electron chi connectivity index (χ4n) is 3.86. The number of aliphatic carboxylic acids is 1. The summed E-state index contributed by atoms with van der Waals surface area (Å²) < 4.78 is 11.4. The number of aryl methyl sites for hydroxylation is 1. The molecule has 0 saturated heterocycles. The number of carboxylic acids is 1. The normalized spacial score (nSPS) is 14.3. The second-order valence-corrected chi connectivity index (χ2v) is 9.22. The molecule has 0 spiro atoms. The number of rotatable bonds is 8. The van der Waals surface area contributed by atoms with Crippen molar-refractivity contribution in [2.75, 3.05) is 6.61 Å². The number of carbonyl (C=O) groups excluding carboxylic acids is 2. The standard InChI is InChI=1S/C26H21Cl3O5.Na/c27-17-7-4-15(21(28)12-17)2-1-3-23(30)16-5-8-18(9-6-16)34-25-14-24-20(13-22(25)29)19(26(31)32)10-11-33-24;/h4-9,12-14,19H,1-3,10-11H2,(H,31,32);/q;+1/p-1/t19-;/m0./s1. The van der Waals surface area contributed by atoms with E-state index < -0.39 is 11.9 Å². The molecule has 1 aliphatic heterocycles. The summed E-state index contributed by atoms with van der Waals surface area (Å²) in [5.41, 5.74) is 2.01. The molecule has 1 aliphatic rings. The van der Waals surface area contributed by atoms with Gasteiger partial charge in [0.1, 0.15) is 17.2 Å². The Balaban J connectivity index is 0.00000342. The molecule has 9 heteroatoms. The summed E-state index contributed by atoms with van der Waals surface area (Å²) in [6, 6.07) is 15.2. The predicted molar refractivity (Wildman–Crippen MR) is 130 cm³/mol. The Hall–Kier alpha value is -1.73. The molecule has 5 nitrogen and oxygen atoms in total. The summed E-state index contributed by atoms with van der Waals surface area (Å²) in [4.78, 5) is 23.9. The Labute approximate surface area is 240 Å². The molecule has 0 N–H and O–H groups in total. The third-order valence-electron chi connectivity index (χ3n) is 5.66. The van der Waals surface area contributed by atoms with E-state index in [9.17, 15) is 14.7 Å². The Morgan fingerprint density at radius 2 is 1.74 bits per heavy atom. The molecular weight excluding hydrogens is 522 g/mol. The van der Waals surface area contributed by atoms with E-state index in [1.807, 2.05) is 6.07 Å². The average molecular weight is 542 g/mol. The summed E-state index contributed by atoms with van der Waals surface area (Å²) in [7, 11) is 0. The average Bonchev–Trinajstić information content (AvgIpc) is 2.81. The van der Waals surface area contributed by atoms with Gasteiger partial charge in [0, 0.05) is 45.5 Å². The van der Waals surface area contributed by atoms with Crippen LogP contribution in [0.5, 0.6) is 17.2 Å². The van der Waals surface area contributed by atoms with Crippen molar-refractivity contribution in [3.05, 3.63) is 86.4 Å². The number of carboxylic acid groups (broad SMARTS) is 1. The van der Waals surface area contributed by atoms with Crippen LogP contribution in [0.25, 0.3) is 0 Å². The number of Topliss-reactive ketones (excluding diaryl/α,β-unsaturated/α-hetero) is 1. The number of ether oxygens (including phenoxy) is 2. The van der Waals surface area contributed by atoms with Crippen LogP contribution in [0.4, 0.5) is 0 Å². The van der Waals surface area contributed by atoms with E-state index in [4.69, 9.17) is 44.3 Å². The van der Waals surface area contributed by atoms with E-state index >= 15 is 0 Å². The van der Waals surface area contributed by atoms with Crippen LogP contribution in [0, 0.1) is 0 Å². The van der Waals surface area contributed by atoms with Gasteiger partial charge in [-0.05, 0) is 67.3 Å². The maximum absolute atomic E-state index is 12.6. The van der Waals surface area contributed by atoms with Gasteiger partial charge in [0.25, 0.3) is 0 Å². The quantitative estimate of drug-likeness (QED) is 0.323. The molecule has 0 amide bonds. The SMILES string of the molecule is O=C(CCCc1ccc(Cl)cc1Cl)c1ccc(Oc2cc3c(cc2Cl)[C@@H](C(=O)[O-])CCO3)cc1.[Na+]. The van der Waals surface area contributed by atoms with Crippen molar-refractivity contribution in [1.29, 1.82) is 0 Å².